The highest BCUT2D eigenvalue weighted by Crippen LogP contribution is 2.22. The molecule has 0 aliphatic carbocycles. The number of hydrogen-bond donors (Lipinski definition) is 1. The third-order valence-electron chi connectivity index (χ3n) is 2.57. The lowest BCUT2D eigenvalue weighted by Gasteiger charge is -2.04. The Morgan fingerprint density at radius 1 is 1.24 bits per heavy atom. The van der Waals surface area contributed by atoms with Crippen LogP contribution in [0.5, 0.6) is 0 Å². The number of hydrogen-bond acceptors (Lipinski definition) is 3. The number of nitrogens with zero attached hydrogens (tertiary/aromatic N) is 2. The standard InChI is InChI=1S/C13H14BrN3/c1-9-2-3-11(6-12(9)14)13-16-7-10(4-5-15)8-17-13/h2-3,6-8H,4-5,15H2,1H3. The highest BCUT2D eigenvalue weighted by Gasteiger charge is 2.03. The molecule has 0 saturated carbocycles. The Kier molecular flexibility index (Phi) is 3.86. The van der Waals surface area contributed by atoms with E-state index in [0.29, 0.717) is 6.54 Å². The van der Waals surface area contributed by atoms with Crippen molar-refractivity contribution in [3.63, 3.8) is 0 Å². The number of rotatable bonds is 3. The van der Waals surface area contributed by atoms with Gasteiger partial charge in [-0.25, -0.2) is 9.97 Å². The van der Waals surface area contributed by atoms with E-state index in [2.05, 4.69) is 38.9 Å². The Morgan fingerprint density at radius 3 is 2.53 bits per heavy atom. The highest BCUT2D eigenvalue weighted by molar-refractivity contribution is 9.10. The van der Waals surface area contributed by atoms with Crippen LogP contribution in [-0.4, -0.2) is 16.5 Å². The van der Waals surface area contributed by atoms with Gasteiger partial charge in [-0.15, -0.1) is 0 Å². The van der Waals surface area contributed by atoms with E-state index in [1.165, 1.54) is 5.56 Å². The van der Waals surface area contributed by atoms with Crippen LogP contribution in [-0.2, 0) is 6.42 Å². The maximum absolute atomic E-state index is 5.48. The van der Waals surface area contributed by atoms with Crippen LogP contribution in [0.15, 0.2) is 35.1 Å². The van der Waals surface area contributed by atoms with E-state index in [-0.39, 0.29) is 0 Å². The number of aromatic nitrogens is 2. The first-order valence-corrected chi connectivity index (χ1v) is 6.27. The summed E-state index contributed by atoms with van der Waals surface area (Å²) < 4.78 is 1.07. The van der Waals surface area contributed by atoms with Crippen molar-refractivity contribution in [1.29, 1.82) is 0 Å². The summed E-state index contributed by atoms with van der Waals surface area (Å²) in [7, 11) is 0. The summed E-state index contributed by atoms with van der Waals surface area (Å²) in [6, 6.07) is 6.11. The number of benzene rings is 1. The summed E-state index contributed by atoms with van der Waals surface area (Å²) in [6.45, 7) is 2.68. The zero-order valence-electron chi connectivity index (χ0n) is 9.65. The van der Waals surface area contributed by atoms with Gasteiger partial charge in [0.2, 0.25) is 0 Å². The smallest absolute Gasteiger partial charge is 0.159 e. The van der Waals surface area contributed by atoms with Crippen molar-refractivity contribution in [2.75, 3.05) is 6.54 Å². The largest absolute Gasteiger partial charge is 0.330 e. The highest BCUT2D eigenvalue weighted by atomic mass is 79.9. The van der Waals surface area contributed by atoms with Crippen molar-refractivity contribution in [3.8, 4) is 11.4 Å². The van der Waals surface area contributed by atoms with Gasteiger partial charge in [0.05, 0.1) is 0 Å². The molecule has 17 heavy (non-hydrogen) atoms. The molecule has 0 aliphatic rings. The molecular weight excluding hydrogens is 278 g/mol. The molecule has 1 aromatic heterocycles. The van der Waals surface area contributed by atoms with E-state index in [9.17, 15) is 0 Å². The van der Waals surface area contributed by atoms with Crippen molar-refractivity contribution in [2.24, 2.45) is 5.73 Å². The molecule has 0 spiro atoms. The van der Waals surface area contributed by atoms with Crippen molar-refractivity contribution in [3.05, 3.63) is 46.2 Å². The number of nitrogens with two attached hydrogens (primary N) is 1. The van der Waals surface area contributed by atoms with Gasteiger partial charge < -0.3 is 5.73 Å². The molecule has 0 aliphatic heterocycles. The van der Waals surface area contributed by atoms with E-state index in [1.807, 2.05) is 24.5 Å². The summed E-state index contributed by atoms with van der Waals surface area (Å²) in [5.41, 5.74) is 8.77. The molecule has 0 atom stereocenters. The monoisotopic (exact) mass is 291 g/mol. The Hall–Kier alpha value is -1.26. The Morgan fingerprint density at radius 2 is 1.94 bits per heavy atom. The quantitative estimate of drug-likeness (QED) is 0.946. The van der Waals surface area contributed by atoms with Gasteiger partial charge in [-0.1, -0.05) is 28.1 Å². The van der Waals surface area contributed by atoms with E-state index in [1.54, 1.807) is 0 Å². The third-order valence-corrected chi connectivity index (χ3v) is 3.42. The SMILES string of the molecule is Cc1ccc(-c2ncc(CCN)cn2)cc1Br. The average Bonchev–Trinajstić information content (AvgIpc) is 2.34. The summed E-state index contributed by atoms with van der Waals surface area (Å²) in [4.78, 5) is 8.70. The molecule has 1 aromatic carbocycles. The van der Waals surface area contributed by atoms with Gasteiger partial charge in [-0.2, -0.15) is 0 Å². The van der Waals surface area contributed by atoms with Gasteiger partial charge >= 0.3 is 0 Å². The molecule has 88 valence electrons. The van der Waals surface area contributed by atoms with Crippen molar-refractivity contribution in [2.45, 2.75) is 13.3 Å². The topological polar surface area (TPSA) is 51.8 Å². The average molecular weight is 292 g/mol. The van der Waals surface area contributed by atoms with Crippen molar-refractivity contribution < 1.29 is 0 Å². The molecule has 0 radical (unpaired) electrons. The molecule has 2 N–H and O–H groups in total. The van der Waals surface area contributed by atoms with Crippen LogP contribution in [0, 0.1) is 6.92 Å². The predicted octanol–water partition coefficient (Wildman–Crippen LogP) is 2.72. The molecule has 3 nitrogen and oxygen atoms in total. The predicted molar refractivity (Wildman–Crippen MR) is 72.7 cm³/mol. The van der Waals surface area contributed by atoms with Crippen LogP contribution in [0.4, 0.5) is 0 Å². The Bertz CT molecular complexity index is 509. The third kappa shape index (κ3) is 2.90. The normalized spacial score (nSPS) is 10.5. The number of halogens is 1. The Balaban J connectivity index is 2.30. The molecular formula is C13H14BrN3. The minimum atomic E-state index is 0.624. The molecule has 0 fully saturated rings. The zero-order valence-corrected chi connectivity index (χ0v) is 11.2. The summed E-state index contributed by atoms with van der Waals surface area (Å²) in [6.07, 6.45) is 4.49. The fourth-order valence-corrected chi connectivity index (χ4v) is 1.91. The van der Waals surface area contributed by atoms with Crippen LogP contribution in [0.2, 0.25) is 0 Å². The first-order valence-electron chi connectivity index (χ1n) is 5.48. The minimum Gasteiger partial charge on any atom is -0.330 e. The first-order chi connectivity index (χ1) is 8.20. The lowest BCUT2D eigenvalue weighted by molar-refractivity contribution is 0.943. The second-order valence-corrected chi connectivity index (χ2v) is 4.77. The van der Waals surface area contributed by atoms with Gasteiger partial charge in [0.25, 0.3) is 0 Å². The second-order valence-electron chi connectivity index (χ2n) is 3.92. The molecule has 0 bridgehead atoms. The van der Waals surface area contributed by atoms with Crippen molar-refractivity contribution in [1.82, 2.24) is 9.97 Å². The molecule has 0 unspecified atom stereocenters. The summed E-state index contributed by atoms with van der Waals surface area (Å²) in [5, 5.41) is 0. The summed E-state index contributed by atoms with van der Waals surface area (Å²) in [5.74, 6) is 0.742. The van der Waals surface area contributed by atoms with Gasteiger partial charge in [-0.05, 0) is 37.1 Å². The Labute approximate surface area is 109 Å². The van der Waals surface area contributed by atoms with Crippen LogP contribution in [0.3, 0.4) is 0 Å². The minimum absolute atomic E-state index is 0.624. The number of aryl methyl sites for hydroxylation is 1. The second kappa shape index (κ2) is 5.38. The van der Waals surface area contributed by atoms with Gasteiger partial charge in [0.1, 0.15) is 0 Å². The lowest BCUT2D eigenvalue weighted by Crippen LogP contribution is -2.03. The van der Waals surface area contributed by atoms with Crippen LogP contribution >= 0.6 is 15.9 Å². The van der Waals surface area contributed by atoms with E-state index in [0.717, 1.165) is 27.8 Å². The first kappa shape index (κ1) is 12.2. The van der Waals surface area contributed by atoms with Crippen molar-refractivity contribution >= 4 is 15.9 Å². The molecule has 4 heteroatoms. The molecule has 0 amide bonds. The lowest BCUT2D eigenvalue weighted by atomic mass is 10.1. The van der Waals surface area contributed by atoms with Gasteiger partial charge in [0.15, 0.2) is 5.82 Å². The van der Waals surface area contributed by atoms with E-state index in [4.69, 9.17) is 5.73 Å². The maximum atomic E-state index is 5.48. The van der Waals surface area contributed by atoms with Gasteiger partial charge in [-0.3, -0.25) is 0 Å². The van der Waals surface area contributed by atoms with E-state index >= 15 is 0 Å². The van der Waals surface area contributed by atoms with Crippen LogP contribution < -0.4 is 5.73 Å². The van der Waals surface area contributed by atoms with Gasteiger partial charge in [0, 0.05) is 22.4 Å². The van der Waals surface area contributed by atoms with Crippen LogP contribution in [0.1, 0.15) is 11.1 Å². The molecule has 0 saturated heterocycles. The fourth-order valence-electron chi connectivity index (χ4n) is 1.53. The maximum Gasteiger partial charge on any atom is 0.159 e. The van der Waals surface area contributed by atoms with E-state index < -0.39 is 0 Å². The summed E-state index contributed by atoms with van der Waals surface area (Å²) >= 11 is 3.51. The molecule has 2 aromatic rings. The zero-order chi connectivity index (χ0) is 12.3. The fraction of sp³-hybridized carbons (Fsp3) is 0.231. The molecule has 1 heterocycles. The molecule has 2 rings (SSSR count). The van der Waals surface area contributed by atoms with Crippen LogP contribution in [0.25, 0.3) is 11.4 Å².